The average Bonchev–Trinajstić information content (AvgIpc) is 3.08. The summed E-state index contributed by atoms with van der Waals surface area (Å²) in [6, 6.07) is 16.4. The van der Waals surface area contributed by atoms with Crippen LogP contribution in [0.3, 0.4) is 0 Å². The van der Waals surface area contributed by atoms with Crippen LogP contribution >= 0.6 is 0 Å². The van der Waals surface area contributed by atoms with Gasteiger partial charge in [-0.1, -0.05) is 30.3 Å². The highest BCUT2D eigenvalue weighted by Crippen LogP contribution is 2.21. The van der Waals surface area contributed by atoms with Crippen LogP contribution in [-0.2, 0) is 6.54 Å². The van der Waals surface area contributed by atoms with Gasteiger partial charge in [0.1, 0.15) is 0 Å². The third-order valence-electron chi connectivity index (χ3n) is 4.70. The summed E-state index contributed by atoms with van der Waals surface area (Å²) in [6.45, 7) is 4.99. The standard InChI is InChI=1S/C21H21N5/c1-15(19-14-25-26(16(19)2)20-10-3-4-11-22-20)24-13-18-8-5-7-17-9-6-12-23-21(17)18/h3-12,14-15,24H,13H2,1-2H3/t15-/m1/s1. The normalized spacial score (nSPS) is 12.4. The molecule has 0 radical (unpaired) electrons. The van der Waals surface area contributed by atoms with Gasteiger partial charge in [-0.2, -0.15) is 5.10 Å². The minimum atomic E-state index is 0.173. The van der Waals surface area contributed by atoms with E-state index in [2.05, 4.69) is 58.5 Å². The number of fused-ring (bicyclic) bond motifs is 1. The molecule has 0 aliphatic rings. The molecule has 3 aromatic heterocycles. The summed E-state index contributed by atoms with van der Waals surface area (Å²) in [5.41, 5.74) is 4.52. The SMILES string of the molecule is Cc1c([C@@H](C)NCc2cccc3cccnc23)cnn1-c1ccccn1. The van der Waals surface area contributed by atoms with Crippen LogP contribution in [0.2, 0.25) is 0 Å². The van der Waals surface area contributed by atoms with Crippen LogP contribution in [0.1, 0.15) is 29.8 Å². The maximum atomic E-state index is 4.53. The van der Waals surface area contributed by atoms with Gasteiger partial charge in [0.2, 0.25) is 0 Å². The predicted molar refractivity (Wildman–Crippen MR) is 103 cm³/mol. The molecule has 0 unspecified atom stereocenters. The molecule has 0 saturated carbocycles. The van der Waals surface area contributed by atoms with E-state index in [0.717, 1.165) is 23.6 Å². The number of nitrogens with zero attached hydrogens (tertiary/aromatic N) is 4. The van der Waals surface area contributed by atoms with Crippen LogP contribution in [0.5, 0.6) is 0 Å². The number of para-hydroxylation sites is 1. The molecule has 4 aromatic rings. The van der Waals surface area contributed by atoms with Crippen molar-refractivity contribution in [3.05, 3.63) is 83.9 Å². The average molecular weight is 343 g/mol. The van der Waals surface area contributed by atoms with E-state index in [-0.39, 0.29) is 6.04 Å². The molecule has 0 fully saturated rings. The van der Waals surface area contributed by atoms with Crippen molar-refractivity contribution in [2.75, 3.05) is 0 Å². The highest BCUT2D eigenvalue weighted by Gasteiger charge is 2.15. The monoisotopic (exact) mass is 343 g/mol. The van der Waals surface area contributed by atoms with Crippen molar-refractivity contribution in [1.82, 2.24) is 25.1 Å². The quantitative estimate of drug-likeness (QED) is 0.596. The zero-order valence-electron chi connectivity index (χ0n) is 14.9. The first-order valence-electron chi connectivity index (χ1n) is 8.76. The number of rotatable bonds is 5. The lowest BCUT2D eigenvalue weighted by Gasteiger charge is -2.15. The molecule has 5 heteroatoms. The molecule has 130 valence electrons. The Morgan fingerprint density at radius 3 is 2.69 bits per heavy atom. The molecule has 26 heavy (non-hydrogen) atoms. The Kier molecular flexibility index (Phi) is 4.46. The number of pyridine rings is 2. The maximum absolute atomic E-state index is 4.53. The molecule has 1 aromatic carbocycles. The fourth-order valence-electron chi connectivity index (χ4n) is 3.24. The Labute approximate surface area is 152 Å². The van der Waals surface area contributed by atoms with Gasteiger partial charge in [0.15, 0.2) is 5.82 Å². The maximum Gasteiger partial charge on any atom is 0.153 e. The van der Waals surface area contributed by atoms with Gasteiger partial charge < -0.3 is 5.32 Å². The van der Waals surface area contributed by atoms with Crippen molar-refractivity contribution in [2.24, 2.45) is 0 Å². The smallest absolute Gasteiger partial charge is 0.153 e. The minimum Gasteiger partial charge on any atom is -0.306 e. The van der Waals surface area contributed by atoms with Crippen LogP contribution in [-0.4, -0.2) is 19.7 Å². The fraction of sp³-hybridized carbons (Fsp3) is 0.190. The van der Waals surface area contributed by atoms with E-state index in [9.17, 15) is 0 Å². The second kappa shape index (κ2) is 7.06. The molecular formula is C21H21N5. The molecule has 5 nitrogen and oxygen atoms in total. The zero-order chi connectivity index (χ0) is 17.9. The van der Waals surface area contributed by atoms with Crippen molar-refractivity contribution >= 4 is 10.9 Å². The van der Waals surface area contributed by atoms with Crippen molar-refractivity contribution in [1.29, 1.82) is 0 Å². The molecule has 0 aliphatic carbocycles. The first-order chi connectivity index (χ1) is 12.7. The highest BCUT2D eigenvalue weighted by atomic mass is 15.3. The molecule has 0 amide bonds. The highest BCUT2D eigenvalue weighted by molar-refractivity contribution is 5.81. The predicted octanol–water partition coefficient (Wildman–Crippen LogP) is 3.97. The zero-order valence-corrected chi connectivity index (χ0v) is 14.9. The molecule has 0 saturated heterocycles. The lowest BCUT2D eigenvalue weighted by molar-refractivity contribution is 0.573. The summed E-state index contributed by atoms with van der Waals surface area (Å²) in [6.07, 6.45) is 5.55. The van der Waals surface area contributed by atoms with Gasteiger partial charge in [-0.3, -0.25) is 4.98 Å². The number of hydrogen-bond donors (Lipinski definition) is 1. The Bertz CT molecular complexity index is 1020. The molecule has 1 N–H and O–H groups in total. The van der Waals surface area contributed by atoms with Gasteiger partial charge in [0, 0.05) is 41.6 Å². The number of nitrogens with one attached hydrogen (secondary N) is 1. The summed E-state index contributed by atoms with van der Waals surface area (Å²) >= 11 is 0. The van der Waals surface area contributed by atoms with E-state index in [1.54, 1.807) is 6.20 Å². The molecule has 4 rings (SSSR count). The lowest BCUT2D eigenvalue weighted by Crippen LogP contribution is -2.19. The number of hydrogen-bond acceptors (Lipinski definition) is 4. The van der Waals surface area contributed by atoms with Gasteiger partial charge in [-0.05, 0) is 37.6 Å². The largest absolute Gasteiger partial charge is 0.306 e. The van der Waals surface area contributed by atoms with Gasteiger partial charge in [-0.25, -0.2) is 9.67 Å². The van der Waals surface area contributed by atoms with Crippen molar-refractivity contribution < 1.29 is 0 Å². The van der Waals surface area contributed by atoms with Gasteiger partial charge in [0.25, 0.3) is 0 Å². The van der Waals surface area contributed by atoms with Gasteiger partial charge in [0.05, 0.1) is 11.7 Å². The molecular weight excluding hydrogens is 322 g/mol. The first kappa shape index (κ1) is 16.4. The van der Waals surface area contributed by atoms with E-state index in [1.807, 2.05) is 41.3 Å². The van der Waals surface area contributed by atoms with Crippen LogP contribution < -0.4 is 5.32 Å². The Balaban J connectivity index is 1.54. The number of benzene rings is 1. The third-order valence-corrected chi connectivity index (χ3v) is 4.70. The van der Waals surface area contributed by atoms with Crippen molar-refractivity contribution in [3.8, 4) is 5.82 Å². The fourth-order valence-corrected chi connectivity index (χ4v) is 3.24. The Hall–Kier alpha value is -3.05. The van der Waals surface area contributed by atoms with Crippen molar-refractivity contribution in [3.63, 3.8) is 0 Å². The lowest BCUT2D eigenvalue weighted by atomic mass is 10.1. The summed E-state index contributed by atoms with van der Waals surface area (Å²) in [4.78, 5) is 8.91. The summed E-state index contributed by atoms with van der Waals surface area (Å²) < 4.78 is 1.88. The van der Waals surface area contributed by atoms with E-state index in [0.29, 0.717) is 0 Å². The first-order valence-corrected chi connectivity index (χ1v) is 8.76. The van der Waals surface area contributed by atoms with Crippen molar-refractivity contribution in [2.45, 2.75) is 26.4 Å². The Morgan fingerprint density at radius 1 is 1.00 bits per heavy atom. The molecule has 3 heterocycles. The van der Waals surface area contributed by atoms with E-state index in [4.69, 9.17) is 0 Å². The van der Waals surface area contributed by atoms with E-state index < -0.39 is 0 Å². The summed E-state index contributed by atoms with van der Waals surface area (Å²) in [5.74, 6) is 0.835. The van der Waals surface area contributed by atoms with Crippen LogP contribution in [0.25, 0.3) is 16.7 Å². The minimum absolute atomic E-state index is 0.173. The second-order valence-corrected chi connectivity index (χ2v) is 6.38. The summed E-state index contributed by atoms with van der Waals surface area (Å²) in [5, 5.41) is 9.28. The topological polar surface area (TPSA) is 55.6 Å². The van der Waals surface area contributed by atoms with Gasteiger partial charge >= 0.3 is 0 Å². The Morgan fingerprint density at radius 2 is 1.85 bits per heavy atom. The van der Waals surface area contributed by atoms with Gasteiger partial charge in [-0.15, -0.1) is 0 Å². The molecule has 0 spiro atoms. The third kappa shape index (κ3) is 3.09. The van der Waals surface area contributed by atoms with E-state index >= 15 is 0 Å². The molecule has 1 atom stereocenters. The summed E-state index contributed by atoms with van der Waals surface area (Å²) in [7, 11) is 0. The van der Waals surface area contributed by atoms with E-state index in [1.165, 1.54) is 16.5 Å². The molecule has 0 aliphatic heterocycles. The van der Waals surface area contributed by atoms with Crippen LogP contribution in [0, 0.1) is 6.92 Å². The number of aromatic nitrogens is 4. The second-order valence-electron chi connectivity index (χ2n) is 6.38. The van der Waals surface area contributed by atoms with Crippen LogP contribution in [0.15, 0.2) is 67.1 Å². The van der Waals surface area contributed by atoms with Crippen LogP contribution in [0.4, 0.5) is 0 Å². The molecule has 0 bridgehead atoms.